The Hall–Kier alpha value is -2.20. The second-order valence-electron chi connectivity index (χ2n) is 5.76. The van der Waals surface area contributed by atoms with Crippen molar-refractivity contribution < 1.29 is 4.79 Å². The van der Waals surface area contributed by atoms with E-state index in [9.17, 15) is 4.79 Å². The normalized spacial score (nSPS) is 18.2. The van der Waals surface area contributed by atoms with Crippen molar-refractivity contribution in [3.63, 3.8) is 0 Å². The highest BCUT2D eigenvalue weighted by molar-refractivity contribution is 5.79. The van der Waals surface area contributed by atoms with E-state index in [1.54, 1.807) is 6.20 Å². The number of hydrogen-bond acceptors (Lipinski definition) is 3. The van der Waals surface area contributed by atoms with Crippen LogP contribution in [0.5, 0.6) is 0 Å². The molecule has 0 radical (unpaired) electrons. The van der Waals surface area contributed by atoms with Gasteiger partial charge in [-0.15, -0.1) is 0 Å². The standard InChI is InChI=1S/C18H21N3O/c1-14-4-6-15(7-5-14)11-18(22)21-10-9-20-13-17(21)16-3-2-8-19-12-16/h2-8,12,17,20H,9-11,13H2,1H3. The Balaban J connectivity index is 1.75. The summed E-state index contributed by atoms with van der Waals surface area (Å²) in [5, 5.41) is 3.37. The number of piperazine rings is 1. The number of amides is 1. The molecule has 114 valence electrons. The van der Waals surface area contributed by atoms with E-state index in [0.717, 1.165) is 30.8 Å². The minimum absolute atomic E-state index is 0.0698. The first kappa shape index (κ1) is 14.7. The van der Waals surface area contributed by atoms with Crippen LogP contribution in [0.2, 0.25) is 0 Å². The summed E-state index contributed by atoms with van der Waals surface area (Å²) < 4.78 is 0. The Labute approximate surface area is 131 Å². The van der Waals surface area contributed by atoms with Gasteiger partial charge in [-0.3, -0.25) is 9.78 Å². The van der Waals surface area contributed by atoms with E-state index in [2.05, 4.69) is 29.4 Å². The van der Waals surface area contributed by atoms with Gasteiger partial charge in [0.05, 0.1) is 12.5 Å². The smallest absolute Gasteiger partial charge is 0.227 e. The largest absolute Gasteiger partial charge is 0.333 e. The summed E-state index contributed by atoms with van der Waals surface area (Å²) in [6.07, 6.45) is 4.07. The second-order valence-corrected chi connectivity index (χ2v) is 5.76. The topological polar surface area (TPSA) is 45.2 Å². The Morgan fingerprint density at radius 1 is 1.32 bits per heavy atom. The molecule has 1 aliphatic heterocycles. The third-order valence-electron chi connectivity index (χ3n) is 4.11. The molecule has 2 heterocycles. The maximum absolute atomic E-state index is 12.7. The number of carbonyl (C=O) groups excluding carboxylic acids is 1. The molecular formula is C18H21N3O. The van der Waals surface area contributed by atoms with Gasteiger partial charge in [0.1, 0.15) is 0 Å². The fourth-order valence-electron chi connectivity index (χ4n) is 2.86. The van der Waals surface area contributed by atoms with Crippen LogP contribution in [-0.4, -0.2) is 35.4 Å². The van der Waals surface area contributed by atoms with Gasteiger partial charge in [-0.2, -0.15) is 0 Å². The van der Waals surface area contributed by atoms with E-state index in [0.29, 0.717) is 6.42 Å². The van der Waals surface area contributed by atoms with Crippen molar-refractivity contribution in [3.05, 3.63) is 65.5 Å². The zero-order valence-corrected chi connectivity index (χ0v) is 12.8. The molecule has 4 heteroatoms. The average Bonchev–Trinajstić information content (AvgIpc) is 2.58. The van der Waals surface area contributed by atoms with E-state index in [1.165, 1.54) is 5.56 Å². The van der Waals surface area contributed by atoms with Crippen molar-refractivity contribution >= 4 is 5.91 Å². The summed E-state index contributed by atoms with van der Waals surface area (Å²) in [6, 6.07) is 12.2. The molecule has 0 bridgehead atoms. The van der Waals surface area contributed by atoms with Crippen LogP contribution >= 0.6 is 0 Å². The summed E-state index contributed by atoms with van der Waals surface area (Å²) in [5.41, 5.74) is 3.37. The summed E-state index contributed by atoms with van der Waals surface area (Å²) in [6.45, 7) is 4.42. The monoisotopic (exact) mass is 295 g/mol. The number of benzene rings is 1. The fourth-order valence-corrected chi connectivity index (χ4v) is 2.86. The van der Waals surface area contributed by atoms with E-state index in [-0.39, 0.29) is 11.9 Å². The molecule has 1 fully saturated rings. The van der Waals surface area contributed by atoms with Crippen molar-refractivity contribution in [2.75, 3.05) is 19.6 Å². The number of rotatable bonds is 3. The fraction of sp³-hybridized carbons (Fsp3) is 0.333. The lowest BCUT2D eigenvalue weighted by Crippen LogP contribution is -2.49. The molecule has 1 aromatic heterocycles. The molecule has 3 rings (SSSR count). The van der Waals surface area contributed by atoms with Crippen LogP contribution < -0.4 is 5.32 Å². The van der Waals surface area contributed by atoms with Crippen LogP contribution in [0.4, 0.5) is 0 Å². The first-order valence-corrected chi connectivity index (χ1v) is 7.70. The zero-order chi connectivity index (χ0) is 15.4. The predicted octanol–water partition coefficient (Wildman–Crippen LogP) is 2.11. The maximum Gasteiger partial charge on any atom is 0.227 e. The van der Waals surface area contributed by atoms with Crippen molar-refractivity contribution in [2.24, 2.45) is 0 Å². The van der Waals surface area contributed by atoms with E-state index in [4.69, 9.17) is 0 Å². The van der Waals surface area contributed by atoms with Gasteiger partial charge >= 0.3 is 0 Å². The van der Waals surface area contributed by atoms with Gasteiger partial charge < -0.3 is 10.2 Å². The van der Waals surface area contributed by atoms with Crippen LogP contribution in [0.3, 0.4) is 0 Å². The molecule has 1 atom stereocenters. The molecule has 1 N–H and O–H groups in total. The minimum Gasteiger partial charge on any atom is -0.333 e. The number of aromatic nitrogens is 1. The van der Waals surface area contributed by atoms with Gasteiger partial charge in [-0.05, 0) is 24.1 Å². The van der Waals surface area contributed by atoms with Gasteiger partial charge in [0.15, 0.2) is 0 Å². The quantitative estimate of drug-likeness (QED) is 0.943. The molecule has 0 saturated carbocycles. The second kappa shape index (κ2) is 6.71. The molecule has 0 spiro atoms. The predicted molar refractivity (Wildman–Crippen MR) is 86.4 cm³/mol. The highest BCUT2D eigenvalue weighted by Crippen LogP contribution is 2.22. The van der Waals surface area contributed by atoms with Crippen molar-refractivity contribution in [1.82, 2.24) is 15.2 Å². The van der Waals surface area contributed by atoms with Gasteiger partial charge in [0, 0.05) is 32.0 Å². The third-order valence-corrected chi connectivity index (χ3v) is 4.11. The Bertz CT molecular complexity index is 625. The van der Waals surface area contributed by atoms with Crippen molar-refractivity contribution in [1.29, 1.82) is 0 Å². The van der Waals surface area contributed by atoms with Crippen molar-refractivity contribution in [3.8, 4) is 0 Å². The average molecular weight is 295 g/mol. The Morgan fingerprint density at radius 3 is 2.86 bits per heavy atom. The molecule has 4 nitrogen and oxygen atoms in total. The molecule has 0 aliphatic carbocycles. The summed E-state index contributed by atoms with van der Waals surface area (Å²) >= 11 is 0. The van der Waals surface area contributed by atoms with Gasteiger partial charge in [-0.25, -0.2) is 0 Å². The van der Waals surface area contributed by atoms with Gasteiger partial charge in [0.2, 0.25) is 5.91 Å². The van der Waals surface area contributed by atoms with E-state index < -0.39 is 0 Å². The van der Waals surface area contributed by atoms with Crippen molar-refractivity contribution in [2.45, 2.75) is 19.4 Å². The molecule has 1 saturated heterocycles. The van der Waals surface area contributed by atoms with Gasteiger partial charge in [-0.1, -0.05) is 35.9 Å². The highest BCUT2D eigenvalue weighted by Gasteiger charge is 2.27. The number of hydrogen-bond donors (Lipinski definition) is 1. The minimum atomic E-state index is 0.0698. The summed E-state index contributed by atoms with van der Waals surface area (Å²) in [7, 11) is 0. The molecule has 1 unspecified atom stereocenters. The maximum atomic E-state index is 12.7. The van der Waals surface area contributed by atoms with Crippen LogP contribution in [-0.2, 0) is 11.2 Å². The highest BCUT2D eigenvalue weighted by atomic mass is 16.2. The lowest BCUT2D eigenvalue weighted by atomic mass is 10.0. The molecular weight excluding hydrogens is 274 g/mol. The first-order chi connectivity index (χ1) is 10.7. The molecule has 1 aromatic carbocycles. The van der Waals surface area contributed by atoms with Crippen LogP contribution in [0.15, 0.2) is 48.8 Å². The van der Waals surface area contributed by atoms with Crippen LogP contribution in [0, 0.1) is 6.92 Å². The Kier molecular flexibility index (Phi) is 4.49. The van der Waals surface area contributed by atoms with E-state index in [1.807, 2.05) is 35.4 Å². The lowest BCUT2D eigenvalue weighted by Gasteiger charge is -2.36. The first-order valence-electron chi connectivity index (χ1n) is 7.70. The zero-order valence-electron chi connectivity index (χ0n) is 12.8. The molecule has 2 aromatic rings. The molecule has 1 amide bonds. The number of aryl methyl sites for hydroxylation is 1. The molecule has 22 heavy (non-hydrogen) atoms. The molecule has 1 aliphatic rings. The summed E-state index contributed by atoms with van der Waals surface area (Å²) in [4.78, 5) is 18.9. The summed E-state index contributed by atoms with van der Waals surface area (Å²) in [5.74, 6) is 0.180. The lowest BCUT2D eigenvalue weighted by molar-refractivity contribution is -0.133. The van der Waals surface area contributed by atoms with Crippen LogP contribution in [0.25, 0.3) is 0 Å². The van der Waals surface area contributed by atoms with Crippen LogP contribution in [0.1, 0.15) is 22.7 Å². The SMILES string of the molecule is Cc1ccc(CC(=O)N2CCNCC2c2cccnc2)cc1. The van der Waals surface area contributed by atoms with Gasteiger partial charge in [0.25, 0.3) is 0 Å². The number of nitrogens with one attached hydrogen (secondary N) is 1. The Morgan fingerprint density at radius 2 is 2.14 bits per heavy atom. The number of nitrogens with zero attached hydrogens (tertiary/aromatic N) is 2. The van der Waals surface area contributed by atoms with E-state index >= 15 is 0 Å². The number of pyridine rings is 1. The third kappa shape index (κ3) is 3.34. The number of carbonyl (C=O) groups is 1.